The number of aromatic nitrogens is 2. The smallest absolute Gasteiger partial charge is 0.228 e. The van der Waals surface area contributed by atoms with Gasteiger partial charge in [0.15, 0.2) is 0 Å². The zero-order chi connectivity index (χ0) is 13.5. The minimum absolute atomic E-state index is 0.532. The summed E-state index contributed by atoms with van der Waals surface area (Å²) in [5, 5.41) is 0. The highest BCUT2D eigenvalue weighted by molar-refractivity contribution is 5.35. The zero-order valence-corrected chi connectivity index (χ0v) is 11.7. The van der Waals surface area contributed by atoms with Gasteiger partial charge in [-0.1, -0.05) is 6.92 Å². The summed E-state index contributed by atoms with van der Waals surface area (Å²) in [6.45, 7) is 4.58. The van der Waals surface area contributed by atoms with Crippen LogP contribution in [0.5, 0.6) is 5.88 Å². The van der Waals surface area contributed by atoms with Crippen molar-refractivity contribution in [3.8, 4) is 5.88 Å². The van der Waals surface area contributed by atoms with Gasteiger partial charge in [0.1, 0.15) is 0 Å². The van der Waals surface area contributed by atoms with E-state index in [1.54, 1.807) is 6.20 Å². The number of nitrogens with zero attached hydrogens (tertiary/aromatic N) is 3. The van der Waals surface area contributed by atoms with Gasteiger partial charge in [0.05, 0.1) is 6.61 Å². The van der Waals surface area contributed by atoms with E-state index < -0.39 is 0 Å². The zero-order valence-electron chi connectivity index (χ0n) is 11.7. The molecule has 1 aliphatic heterocycles. The molecule has 2 rings (SSSR count). The van der Waals surface area contributed by atoms with Crippen LogP contribution < -0.4 is 15.4 Å². The molecular weight excluding hydrogens is 240 g/mol. The summed E-state index contributed by atoms with van der Waals surface area (Å²) in [6.07, 6.45) is 7.38. The van der Waals surface area contributed by atoms with E-state index in [0.717, 1.165) is 38.3 Å². The molecule has 5 heteroatoms. The van der Waals surface area contributed by atoms with Gasteiger partial charge in [0.2, 0.25) is 11.8 Å². The predicted molar refractivity (Wildman–Crippen MR) is 76.5 cm³/mol. The van der Waals surface area contributed by atoms with Crippen LogP contribution >= 0.6 is 0 Å². The maximum absolute atomic E-state index is 5.60. The summed E-state index contributed by atoms with van der Waals surface area (Å²) in [5.41, 5.74) is 5.60. The monoisotopic (exact) mass is 264 g/mol. The number of rotatable bonds is 7. The van der Waals surface area contributed by atoms with Crippen LogP contribution in [0, 0.1) is 0 Å². The van der Waals surface area contributed by atoms with Crippen LogP contribution in [-0.4, -0.2) is 35.7 Å². The lowest BCUT2D eigenvalue weighted by Crippen LogP contribution is -2.31. The molecule has 0 bridgehead atoms. The Hall–Kier alpha value is -1.36. The van der Waals surface area contributed by atoms with Gasteiger partial charge in [-0.25, -0.2) is 4.98 Å². The maximum Gasteiger partial charge on any atom is 0.228 e. The Labute approximate surface area is 115 Å². The molecule has 0 aliphatic carbocycles. The molecule has 1 unspecified atom stereocenters. The third-order valence-electron chi connectivity index (χ3n) is 3.45. The molecule has 0 saturated carbocycles. The molecule has 1 aromatic heterocycles. The highest BCUT2D eigenvalue weighted by Gasteiger charge is 2.26. The number of anilines is 1. The molecule has 2 heterocycles. The molecule has 0 aromatic carbocycles. The first kappa shape index (κ1) is 14.1. The van der Waals surface area contributed by atoms with Gasteiger partial charge >= 0.3 is 0 Å². The molecule has 106 valence electrons. The Morgan fingerprint density at radius 3 is 3.21 bits per heavy atom. The summed E-state index contributed by atoms with van der Waals surface area (Å²) in [4.78, 5) is 11.2. The lowest BCUT2D eigenvalue weighted by molar-refractivity contribution is 0.304. The van der Waals surface area contributed by atoms with Crippen molar-refractivity contribution in [2.24, 2.45) is 5.73 Å². The minimum atomic E-state index is 0.532. The normalized spacial score (nSPS) is 18.8. The molecular formula is C14H24N4O. The second-order valence-corrected chi connectivity index (χ2v) is 4.96. The Bertz CT molecular complexity index is 385. The van der Waals surface area contributed by atoms with Crippen LogP contribution in [0.4, 0.5) is 5.95 Å². The van der Waals surface area contributed by atoms with Crippen LogP contribution in [0.2, 0.25) is 0 Å². The lowest BCUT2D eigenvalue weighted by atomic mass is 10.1. The summed E-state index contributed by atoms with van der Waals surface area (Å²) >= 11 is 0. The minimum Gasteiger partial charge on any atom is -0.478 e. The second-order valence-electron chi connectivity index (χ2n) is 4.96. The van der Waals surface area contributed by atoms with Crippen LogP contribution in [0.1, 0.15) is 39.0 Å². The largest absolute Gasteiger partial charge is 0.478 e. The highest BCUT2D eigenvalue weighted by atomic mass is 16.5. The quantitative estimate of drug-likeness (QED) is 0.815. The molecule has 0 spiro atoms. The van der Waals surface area contributed by atoms with E-state index in [0.29, 0.717) is 18.5 Å². The van der Waals surface area contributed by atoms with Crippen molar-refractivity contribution in [2.45, 2.75) is 45.1 Å². The number of hydrogen-bond acceptors (Lipinski definition) is 5. The Balaban J connectivity index is 2.03. The topological polar surface area (TPSA) is 64.3 Å². The average molecular weight is 264 g/mol. The average Bonchev–Trinajstić information content (AvgIpc) is 2.91. The van der Waals surface area contributed by atoms with Crippen LogP contribution in [-0.2, 0) is 0 Å². The second kappa shape index (κ2) is 7.28. The van der Waals surface area contributed by atoms with Gasteiger partial charge in [0, 0.05) is 24.8 Å². The maximum atomic E-state index is 5.60. The third kappa shape index (κ3) is 3.80. The van der Waals surface area contributed by atoms with Gasteiger partial charge < -0.3 is 15.4 Å². The summed E-state index contributed by atoms with van der Waals surface area (Å²) in [7, 11) is 0. The summed E-state index contributed by atoms with van der Waals surface area (Å²) in [6, 6.07) is 2.36. The molecule has 0 radical (unpaired) electrons. The van der Waals surface area contributed by atoms with E-state index in [4.69, 9.17) is 10.5 Å². The van der Waals surface area contributed by atoms with Crippen LogP contribution in [0.25, 0.3) is 0 Å². The van der Waals surface area contributed by atoms with E-state index in [-0.39, 0.29) is 0 Å². The highest BCUT2D eigenvalue weighted by Crippen LogP contribution is 2.26. The molecule has 1 atom stereocenters. The fourth-order valence-electron chi connectivity index (χ4n) is 2.51. The van der Waals surface area contributed by atoms with Crippen molar-refractivity contribution >= 4 is 5.95 Å². The number of hydrogen-bond donors (Lipinski definition) is 1. The molecule has 0 amide bonds. The van der Waals surface area contributed by atoms with Gasteiger partial charge in [-0.3, -0.25) is 0 Å². The van der Waals surface area contributed by atoms with Crippen LogP contribution in [0.3, 0.4) is 0 Å². The standard InChI is InChI=1S/C14H24N4O/c1-2-11-19-13-7-9-16-14(17-13)18-10-4-6-12(18)5-3-8-15/h7,9,12H,2-6,8,10-11,15H2,1H3. The predicted octanol–water partition coefficient (Wildman–Crippen LogP) is 1.97. The van der Waals surface area contributed by atoms with Gasteiger partial charge in [0.25, 0.3) is 0 Å². The van der Waals surface area contributed by atoms with Crippen molar-refractivity contribution in [1.29, 1.82) is 0 Å². The Morgan fingerprint density at radius 2 is 2.42 bits per heavy atom. The van der Waals surface area contributed by atoms with Gasteiger partial charge in [-0.2, -0.15) is 4.98 Å². The molecule has 1 fully saturated rings. The van der Waals surface area contributed by atoms with Crippen molar-refractivity contribution in [3.05, 3.63) is 12.3 Å². The fourth-order valence-corrected chi connectivity index (χ4v) is 2.51. The van der Waals surface area contributed by atoms with E-state index >= 15 is 0 Å². The first-order chi connectivity index (χ1) is 9.35. The van der Waals surface area contributed by atoms with Gasteiger partial charge in [-0.15, -0.1) is 0 Å². The Morgan fingerprint density at radius 1 is 1.53 bits per heavy atom. The van der Waals surface area contributed by atoms with E-state index in [1.807, 2.05) is 6.07 Å². The third-order valence-corrected chi connectivity index (χ3v) is 3.45. The summed E-state index contributed by atoms with van der Waals surface area (Å²) < 4.78 is 5.57. The van der Waals surface area contributed by atoms with E-state index in [2.05, 4.69) is 21.8 Å². The SMILES string of the molecule is CCCOc1ccnc(N2CCCC2CCCN)n1. The number of nitrogens with two attached hydrogens (primary N) is 1. The van der Waals surface area contributed by atoms with Crippen LogP contribution in [0.15, 0.2) is 12.3 Å². The summed E-state index contributed by atoms with van der Waals surface area (Å²) in [5.74, 6) is 1.48. The number of ether oxygens (including phenoxy) is 1. The molecule has 2 N–H and O–H groups in total. The first-order valence-corrected chi connectivity index (χ1v) is 7.27. The van der Waals surface area contributed by atoms with Crippen molar-refractivity contribution < 1.29 is 4.74 Å². The molecule has 5 nitrogen and oxygen atoms in total. The van der Waals surface area contributed by atoms with Gasteiger partial charge in [-0.05, 0) is 38.6 Å². The van der Waals surface area contributed by atoms with E-state index in [1.165, 1.54) is 12.8 Å². The molecule has 1 aliphatic rings. The van der Waals surface area contributed by atoms with Crippen molar-refractivity contribution in [1.82, 2.24) is 9.97 Å². The molecule has 19 heavy (non-hydrogen) atoms. The van der Waals surface area contributed by atoms with Crippen molar-refractivity contribution in [3.63, 3.8) is 0 Å². The fraction of sp³-hybridized carbons (Fsp3) is 0.714. The Kier molecular flexibility index (Phi) is 5.39. The van der Waals surface area contributed by atoms with Crippen molar-refractivity contribution in [2.75, 3.05) is 24.6 Å². The molecule has 1 saturated heterocycles. The molecule has 1 aromatic rings. The first-order valence-electron chi connectivity index (χ1n) is 7.27. The van der Waals surface area contributed by atoms with E-state index in [9.17, 15) is 0 Å². The lowest BCUT2D eigenvalue weighted by Gasteiger charge is -2.24.